The summed E-state index contributed by atoms with van der Waals surface area (Å²) in [5.41, 5.74) is -0.778. The summed E-state index contributed by atoms with van der Waals surface area (Å²) in [6, 6.07) is 0. The third-order valence-corrected chi connectivity index (χ3v) is 7.11. The van der Waals surface area contributed by atoms with Crippen LogP contribution in [0.3, 0.4) is 0 Å². The van der Waals surface area contributed by atoms with Gasteiger partial charge < -0.3 is 14.9 Å². The molecule has 0 radical (unpaired) electrons. The van der Waals surface area contributed by atoms with Gasteiger partial charge in [-0.2, -0.15) is 0 Å². The topological polar surface area (TPSA) is 83.8 Å². The molecule has 0 aromatic rings. The molecule has 0 spiro atoms. The molecule has 0 aromatic heterocycles. The molecule has 5 atom stereocenters. The quantitative estimate of drug-likeness (QED) is 0.320. The molecule has 5 heteroatoms. The van der Waals surface area contributed by atoms with Gasteiger partial charge >= 0.3 is 0 Å². The molecule has 2 aliphatic carbocycles. The van der Waals surface area contributed by atoms with Crippen LogP contribution in [-0.2, 0) is 14.3 Å². The summed E-state index contributed by atoms with van der Waals surface area (Å²) in [5, 5.41) is 21.6. The zero-order valence-corrected chi connectivity index (χ0v) is 19.0. The molecule has 0 heterocycles. The van der Waals surface area contributed by atoms with Crippen molar-refractivity contribution in [2.45, 2.75) is 102 Å². The zero-order valence-electron chi connectivity index (χ0n) is 19.0. The van der Waals surface area contributed by atoms with Gasteiger partial charge in [0.25, 0.3) is 0 Å². The Morgan fingerprint density at radius 1 is 1.20 bits per heavy atom. The largest absolute Gasteiger partial charge is 0.392 e. The van der Waals surface area contributed by atoms with Gasteiger partial charge in [-0.15, -0.1) is 0 Å². The van der Waals surface area contributed by atoms with Crippen LogP contribution in [-0.4, -0.2) is 47.2 Å². The first kappa shape index (κ1) is 25.2. The SMILES string of the molecule is CCCCC1CCCC1(O)/C=C/[C@H]1[C@H](O)CC(=O)[C@@H]1CCCCCCC(=O)COC. The van der Waals surface area contributed by atoms with Gasteiger partial charge in [-0.3, -0.25) is 9.59 Å². The van der Waals surface area contributed by atoms with Crippen molar-refractivity contribution < 1.29 is 24.5 Å². The van der Waals surface area contributed by atoms with Gasteiger partial charge in [0.2, 0.25) is 0 Å². The Bertz CT molecular complexity index is 572. The lowest BCUT2D eigenvalue weighted by molar-refractivity contribution is -0.123. The predicted octanol–water partition coefficient (Wildman–Crippen LogP) is 4.39. The molecule has 5 nitrogen and oxygen atoms in total. The van der Waals surface area contributed by atoms with Gasteiger partial charge in [0.1, 0.15) is 12.4 Å². The van der Waals surface area contributed by atoms with Crippen LogP contribution in [0, 0.1) is 17.8 Å². The number of aliphatic hydroxyl groups is 2. The van der Waals surface area contributed by atoms with Crippen LogP contribution < -0.4 is 0 Å². The second-order valence-electron chi connectivity index (χ2n) is 9.43. The Kier molecular flexibility index (Phi) is 10.7. The number of hydrogen-bond acceptors (Lipinski definition) is 5. The minimum absolute atomic E-state index is 0.138. The van der Waals surface area contributed by atoms with Crippen molar-refractivity contribution in [3.05, 3.63) is 12.2 Å². The fourth-order valence-electron chi connectivity index (χ4n) is 5.29. The van der Waals surface area contributed by atoms with Gasteiger partial charge in [-0.25, -0.2) is 0 Å². The van der Waals surface area contributed by atoms with Crippen LogP contribution in [0.4, 0.5) is 0 Å². The van der Waals surface area contributed by atoms with Crippen LogP contribution in [0.2, 0.25) is 0 Å². The van der Waals surface area contributed by atoms with E-state index in [-0.39, 0.29) is 36.4 Å². The first-order chi connectivity index (χ1) is 14.4. The standard InChI is InChI=1S/C25H42O5/c1-3-4-10-19-11-9-15-25(19,29)16-14-22-21(23(27)17-24(22)28)13-8-6-5-7-12-20(26)18-30-2/h14,16,19,21-22,24,28-29H,3-13,15,17-18H2,1-2H3/b16-14+/t19?,21-,22-,24-,25?/m1/s1. The molecule has 2 N–H and O–H groups in total. The van der Waals surface area contributed by atoms with Gasteiger partial charge in [-0.05, 0) is 44.4 Å². The summed E-state index contributed by atoms with van der Waals surface area (Å²) in [5.74, 6) is 0.247. The monoisotopic (exact) mass is 422 g/mol. The van der Waals surface area contributed by atoms with Crippen molar-refractivity contribution in [3.8, 4) is 0 Å². The molecule has 2 unspecified atom stereocenters. The van der Waals surface area contributed by atoms with E-state index < -0.39 is 11.7 Å². The molecule has 0 amide bonds. The number of aliphatic hydroxyl groups excluding tert-OH is 1. The maximum atomic E-state index is 12.4. The molecule has 2 rings (SSSR count). The summed E-state index contributed by atoms with van der Waals surface area (Å²) in [7, 11) is 1.53. The molecular weight excluding hydrogens is 380 g/mol. The predicted molar refractivity (Wildman–Crippen MR) is 118 cm³/mol. The molecule has 0 bridgehead atoms. The van der Waals surface area contributed by atoms with Gasteiger partial charge in [-0.1, -0.05) is 51.2 Å². The molecule has 0 aliphatic heterocycles. The average Bonchev–Trinajstić information content (AvgIpc) is 3.20. The van der Waals surface area contributed by atoms with Crippen LogP contribution in [0.25, 0.3) is 0 Å². The summed E-state index contributed by atoms with van der Waals surface area (Å²) in [6.07, 6.45) is 14.7. The molecular formula is C25H42O5. The van der Waals surface area contributed by atoms with Gasteiger partial charge in [0.15, 0.2) is 5.78 Å². The van der Waals surface area contributed by atoms with Gasteiger partial charge in [0.05, 0.1) is 11.7 Å². The van der Waals surface area contributed by atoms with Crippen LogP contribution in [0.1, 0.15) is 90.4 Å². The van der Waals surface area contributed by atoms with E-state index in [1.54, 1.807) is 0 Å². The Hall–Kier alpha value is -1.04. The lowest BCUT2D eigenvalue weighted by Gasteiger charge is -2.28. The van der Waals surface area contributed by atoms with Crippen molar-refractivity contribution >= 4 is 11.6 Å². The highest BCUT2D eigenvalue weighted by molar-refractivity contribution is 5.84. The van der Waals surface area contributed by atoms with Crippen LogP contribution in [0.15, 0.2) is 12.2 Å². The normalized spacial score (nSPS) is 31.8. The Morgan fingerprint density at radius 3 is 2.70 bits per heavy atom. The average molecular weight is 423 g/mol. The molecule has 0 aromatic carbocycles. The van der Waals surface area contributed by atoms with E-state index in [1.807, 2.05) is 12.2 Å². The van der Waals surface area contributed by atoms with Crippen molar-refractivity contribution in [2.75, 3.05) is 13.7 Å². The summed E-state index contributed by atoms with van der Waals surface area (Å²) >= 11 is 0. The Labute approximate surface area is 182 Å². The molecule has 2 saturated carbocycles. The maximum absolute atomic E-state index is 12.4. The van der Waals surface area contributed by atoms with E-state index in [9.17, 15) is 19.8 Å². The molecule has 2 aliphatic rings. The molecule has 172 valence electrons. The number of carbonyl (C=O) groups is 2. The fraction of sp³-hybridized carbons (Fsp3) is 0.840. The van der Waals surface area contributed by atoms with Crippen molar-refractivity contribution in [2.24, 2.45) is 17.8 Å². The fourth-order valence-corrected chi connectivity index (χ4v) is 5.29. The lowest BCUT2D eigenvalue weighted by Crippen LogP contribution is -2.31. The number of hydrogen-bond donors (Lipinski definition) is 2. The van der Waals surface area contributed by atoms with E-state index >= 15 is 0 Å². The lowest BCUT2D eigenvalue weighted by atomic mass is 9.83. The number of Topliss-reactive ketones (excluding diaryl/α,β-unsaturated/α-hetero) is 2. The second kappa shape index (κ2) is 12.7. The van der Waals surface area contributed by atoms with E-state index in [4.69, 9.17) is 4.74 Å². The maximum Gasteiger partial charge on any atom is 0.158 e. The highest BCUT2D eigenvalue weighted by atomic mass is 16.5. The van der Waals surface area contributed by atoms with Crippen molar-refractivity contribution in [1.29, 1.82) is 0 Å². The Balaban J connectivity index is 1.83. The van der Waals surface area contributed by atoms with Crippen molar-refractivity contribution in [3.63, 3.8) is 0 Å². The van der Waals surface area contributed by atoms with E-state index in [0.717, 1.165) is 70.6 Å². The smallest absolute Gasteiger partial charge is 0.158 e. The van der Waals surface area contributed by atoms with E-state index in [0.29, 0.717) is 12.3 Å². The van der Waals surface area contributed by atoms with Crippen molar-refractivity contribution in [1.82, 2.24) is 0 Å². The highest BCUT2D eigenvalue weighted by Gasteiger charge is 2.42. The van der Waals surface area contributed by atoms with E-state index in [1.165, 1.54) is 7.11 Å². The minimum Gasteiger partial charge on any atom is -0.392 e. The Morgan fingerprint density at radius 2 is 1.97 bits per heavy atom. The second-order valence-corrected chi connectivity index (χ2v) is 9.43. The third-order valence-electron chi connectivity index (χ3n) is 7.11. The third kappa shape index (κ3) is 7.28. The number of unbranched alkanes of at least 4 members (excludes halogenated alkanes) is 4. The van der Waals surface area contributed by atoms with E-state index in [2.05, 4.69) is 6.92 Å². The number of methoxy groups -OCH3 is 1. The van der Waals surface area contributed by atoms with Crippen LogP contribution >= 0.6 is 0 Å². The first-order valence-electron chi connectivity index (χ1n) is 12.0. The first-order valence-corrected chi connectivity index (χ1v) is 12.0. The zero-order chi connectivity index (χ0) is 22.0. The summed E-state index contributed by atoms with van der Waals surface area (Å²) < 4.78 is 4.84. The molecule has 2 fully saturated rings. The summed E-state index contributed by atoms with van der Waals surface area (Å²) in [6.45, 7) is 2.36. The van der Waals surface area contributed by atoms with Crippen LogP contribution in [0.5, 0.6) is 0 Å². The number of carbonyl (C=O) groups excluding carboxylic acids is 2. The number of ketones is 2. The van der Waals surface area contributed by atoms with Gasteiger partial charge in [0, 0.05) is 31.8 Å². The summed E-state index contributed by atoms with van der Waals surface area (Å²) in [4.78, 5) is 23.9. The highest BCUT2D eigenvalue weighted by Crippen LogP contribution is 2.41. The number of ether oxygens (including phenoxy) is 1. The molecule has 0 saturated heterocycles. The number of rotatable bonds is 14. The minimum atomic E-state index is -0.778. The molecule has 30 heavy (non-hydrogen) atoms.